The van der Waals surface area contributed by atoms with E-state index in [2.05, 4.69) is 25.7 Å². The van der Waals surface area contributed by atoms with Crippen LogP contribution in [-0.2, 0) is 13.6 Å². The molecule has 140 valence electrons. The zero-order valence-corrected chi connectivity index (χ0v) is 17.4. The Labute approximate surface area is 153 Å². The second kappa shape index (κ2) is 10.1. The lowest BCUT2D eigenvalue weighted by Gasteiger charge is -2.37. The minimum absolute atomic E-state index is 0.143. The van der Waals surface area contributed by atoms with E-state index in [1.165, 1.54) is 0 Å². The van der Waals surface area contributed by atoms with E-state index >= 15 is 0 Å². The lowest BCUT2D eigenvalue weighted by molar-refractivity contribution is -0.908. The lowest BCUT2D eigenvalue weighted by Crippen LogP contribution is -2.49. The molecule has 0 amide bonds. The molecule has 0 aliphatic carbocycles. The van der Waals surface area contributed by atoms with Crippen molar-refractivity contribution in [2.75, 3.05) is 25.9 Å². The summed E-state index contributed by atoms with van der Waals surface area (Å²) >= 11 is 0. The molecular weight excluding hydrogens is 333 g/mol. The maximum atomic E-state index is 13.3. The van der Waals surface area contributed by atoms with Crippen molar-refractivity contribution in [3.8, 4) is 11.8 Å². The van der Waals surface area contributed by atoms with Crippen molar-refractivity contribution >= 4 is 7.60 Å². The van der Waals surface area contributed by atoms with Gasteiger partial charge in [-0.05, 0) is 59.6 Å². The van der Waals surface area contributed by atoms with Gasteiger partial charge in [0.2, 0.25) is 0 Å². The summed E-state index contributed by atoms with van der Waals surface area (Å²) in [5.74, 6) is 6.46. The highest BCUT2D eigenvalue weighted by Crippen LogP contribution is 2.52. The van der Waals surface area contributed by atoms with Crippen molar-refractivity contribution in [2.24, 2.45) is 0 Å². The molecule has 0 bridgehead atoms. The van der Waals surface area contributed by atoms with Gasteiger partial charge in [0.15, 0.2) is 6.29 Å². The monoisotopic (exact) mass is 366 g/mol. The topological polar surface area (TPSA) is 35.5 Å². The first kappa shape index (κ1) is 21.9. The molecule has 4 nitrogen and oxygen atoms in total. The third-order valence-electron chi connectivity index (χ3n) is 3.98. The second-order valence-corrected chi connectivity index (χ2v) is 8.79. The summed E-state index contributed by atoms with van der Waals surface area (Å²) in [7, 11) is -3.19. The van der Waals surface area contributed by atoms with Crippen molar-refractivity contribution in [1.29, 1.82) is 0 Å². The minimum Gasteiger partial charge on any atom is -0.304 e. The van der Waals surface area contributed by atoms with E-state index in [0.717, 1.165) is 18.7 Å². The van der Waals surface area contributed by atoms with Gasteiger partial charge >= 0.3 is 7.60 Å². The molecule has 0 saturated carbocycles. The van der Waals surface area contributed by atoms with Crippen LogP contribution >= 0.6 is 7.60 Å². The third-order valence-corrected chi connectivity index (χ3v) is 6.41. The molecule has 0 aromatic heterocycles. The van der Waals surface area contributed by atoms with E-state index in [9.17, 15) is 4.57 Å². The fraction of sp³-hybridized carbons (Fsp3) is 0.600. The quantitative estimate of drug-likeness (QED) is 0.354. The molecule has 0 radical (unpaired) electrons. The third kappa shape index (κ3) is 7.75. The number of quaternary nitrogens is 1. The molecule has 1 aromatic rings. The molecule has 0 N–H and O–H groups in total. The molecular formula is C20H33NO3P+. The molecule has 5 heteroatoms. The van der Waals surface area contributed by atoms with Crippen LogP contribution < -0.4 is 0 Å². The smallest absolute Gasteiger partial charge is 0.304 e. The van der Waals surface area contributed by atoms with E-state index in [0.29, 0.717) is 17.3 Å². The Bertz CT molecular complexity index is 599. The Morgan fingerprint density at radius 1 is 1.00 bits per heavy atom. The first-order chi connectivity index (χ1) is 11.7. The number of rotatable bonds is 9. The van der Waals surface area contributed by atoms with E-state index in [1.807, 2.05) is 58.0 Å². The molecule has 0 heterocycles. The van der Waals surface area contributed by atoms with E-state index in [-0.39, 0.29) is 12.2 Å². The van der Waals surface area contributed by atoms with Crippen molar-refractivity contribution in [3.63, 3.8) is 0 Å². The average Bonchev–Trinajstić information content (AvgIpc) is 2.53. The lowest BCUT2D eigenvalue weighted by atomic mass is 10.2. The van der Waals surface area contributed by atoms with Gasteiger partial charge in [0, 0.05) is 5.56 Å². The van der Waals surface area contributed by atoms with Crippen LogP contribution in [0.5, 0.6) is 0 Å². The first-order valence-corrected chi connectivity index (χ1v) is 10.8. The number of hydrogen-bond acceptors (Lipinski definition) is 3. The summed E-state index contributed by atoms with van der Waals surface area (Å²) in [5, 5.41) is 0. The van der Waals surface area contributed by atoms with Gasteiger partial charge in [0.25, 0.3) is 0 Å². The first-order valence-electron chi connectivity index (χ1n) is 9.09. The van der Waals surface area contributed by atoms with E-state index in [4.69, 9.17) is 9.05 Å². The molecule has 1 rings (SSSR count). The fourth-order valence-electron chi connectivity index (χ4n) is 2.63. The Hall–Kier alpha value is -1.11. The summed E-state index contributed by atoms with van der Waals surface area (Å²) in [5.41, 5.74) is 0.993. The molecule has 0 fully saturated rings. The molecule has 1 aromatic carbocycles. The minimum atomic E-state index is -3.19. The molecule has 0 aliphatic rings. The number of benzene rings is 1. The van der Waals surface area contributed by atoms with Crippen LogP contribution in [0.15, 0.2) is 30.3 Å². The average molecular weight is 366 g/mol. The molecule has 0 spiro atoms. The predicted molar refractivity (Wildman–Crippen MR) is 104 cm³/mol. The van der Waals surface area contributed by atoms with Crippen molar-refractivity contribution < 1.29 is 18.1 Å². The van der Waals surface area contributed by atoms with Crippen LogP contribution in [0.1, 0.15) is 47.1 Å². The Morgan fingerprint density at radius 2 is 1.52 bits per heavy atom. The highest BCUT2D eigenvalue weighted by molar-refractivity contribution is 7.53. The van der Waals surface area contributed by atoms with Crippen LogP contribution in [0.4, 0.5) is 0 Å². The van der Waals surface area contributed by atoms with E-state index < -0.39 is 7.60 Å². The Balaban J connectivity index is 2.98. The SMILES string of the molecule is CC[N+](CC)(CC#Cc1ccccc1)CP(=O)(OC(C)C)OC(C)C. The van der Waals surface area contributed by atoms with Crippen LogP contribution in [0.25, 0.3) is 0 Å². The fourth-order valence-corrected chi connectivity index (χ4v) is 5.33. The predicted octanol–water partition coefficient (Wildman–Crippen LogP) is 4.90. The van der Waals surface area contributed by atoms with Crippen molar-refractivity contribution in [3.05, 3.63) is 35.9 Å². The van der Waals surface area contributed by atoms with Gasteiger partial charge in [-0.2, -0.15) is 0 Å². The van der Waals surface area contributed by atoms with Gasteiger partial charge in [0.1, 0.15) is 6.54 Å². The summed E-state index contributed by atoms with van der Waals surface area (Å²) < 4.78 is 25.4. The Kier molecular flexibility index (Phi) is 8.89. The molecule has 25 heavy (non-hydrogen) atoms. The van der Waals surface area contributed by atoms with Gasteiger partial charge in [-0.1, -0.05) is 24.1 Å². The van der Waals surface area contributed by atoms with Gasteiger partial charge in [-0.15, -0.1) is 0 Å². The summed E-state index contributed by atoms with van der Waals surface area (Å²) in [4.78, 5) is 0. The molecule has 0 saturated heterocycles. The van der Waals surface area contributed by atoms with Crippen molar-refractivity contribution in [1.82, 2.24) is 0 Å². The largest absolute Gasteiger partial charge is 0.385 e. The molecule has 0 atom stereocenters. The van der Waals surface area contributed by atoms with Gasteiger partial charge < -0.3 is 13.5 Å². The van der Waals surface area contributed by atoms with Crippen LogP contribution in [0, 0.1) is 11.8 Å². The summed E-state index contributed by atoms with van der Waals surface area (Å²) in [6.07, 6.45) is 0.0611. The van der Waals surface area contributed by atoms with Crippen LogP contribution in [-0.4, -0.2) is 42.6 Å². The van der Waals surface area contributed by atoms with Gasteiger partial charge in [-0.25, -0.2) is 0 Å². The Morgan fingerprint density at radius 3 is 1.96 bits per heavy atom. The number of hydrogen-bond donors (Lipinski definition) is 0. The normalized spacial score (nSPS) is 12.3. The summed E-state index contributed by atoms with van der Waals surface area (Å²) in [6, 6.07) is 9.93. The molecule has 0 unspecified atom stereocenters. The standard InChI is InChI=1S/C20H33NO3P/c1-7-21(8-2,16-12-15-20-13-10-9-11-14-20)17-25(22,23-18(3)4)24-19(5)6/h9-11,13-14,18-19H,7-8,16-17H2,1-6H3/q+1. The number of nitrogens with zero attached hydrogens (tertiary/aromatic N) is 1. The zero-order chi connectivity index (χ0) is 18.9. The molecule has 0 aliphatic heterocycles. The van der Waals surface area contributed by atoms with Crippen LogP contribution in [0.2, 0.25) is 0 Å². The highest BCUT2D eigenvalue weighted by Gasteiger charge is 2.39. The highest BCUT2D eigenvalue weighted by atomic mass is 31.2. The maximum Gasteiger partial charge on any atom is 0.385 e. The van der Waals surface area contributed by atoms with Crippen LogP contribution in [0.3, 0.4) is 0 Å². The zero-order valence-electron chi connectivity index (χ0n) is 16.5. The summed E-state index contributed by atoms with van der Waals surface area (Å²) in [6.45, 7) is 14.0. The van der Waals surface area contributed by atoms with Crippen molar-refractivity contribution in [2.45, 2.75) is 53.8 Å². The van der Waals surface area contributed by atoms with E-state index in [1.54, 1.807) is 0 Å². The van der Waals surface area contributed by atoms with Gasteiger partial charge in [0.05, 0.1) is 25.3 Å². The maximum absolute atomic E-state index is 13.3. The second-order valence-electron chi connectivity index (χ2n) is 6.86. The van der Waals surface area contributed by atoms with Gasteiger partial charge in [-0.3, -0.25) is 4.57 Å².